The smallest absolute Gasteiger partial charge is 0.173 e. The van der Waals surface area contributed by atoms with Gasteiger partial charge in [0.05, 0.1) is 0 Å². The Morgan fingerprint density at radius 1 is 0.864 bits per heavy atom. The highest BCUT2D eigenvalue weighted by atomic mass is 32.1. The van der Waals surface area contributed by atoms with Gasteiger partial charge >= 0.3 is 0 Å². The zero-order valence-corrected chi connectivity index (χ0v) is 13.5. The lowest BCUT2D eigenvalue weighted by Gasteiger charge is -2.17. The topological polar surface area (TPSA) is 29.6 Å². The Morgan fingerprint density at radius 2 is 1.45 bits per heavy atom. The van der Waals surface area contributed by atoms with Crippen molar-refractivity contribution in [3.8, 4) is 0 Å². The minimum atomic E-state index is -2.80. The second-order valence-corrected chi connectivity index (χ2v) is 8.97. The van der Waals surface area contributed by atoms with Crippen LogP contribution in [0.1, 0.15) is 11.7 Å². The zero-order chi connectivity index (χ0) is 15.0. The highest BCUT2D eigenvalue weighted by Crippen LogP contribution is 2.63. The maximum atomic E-state index is 14.0. The van der Waals surface area contributed by atoms with Crippen LogP contribution in [-0.2, 0) is 9.30 Å². The van der Waals surface area contributed by atoms with Crippen LogP contribution in [-0.4, -0.2) is 5.85 Å². The van der Waals surface area contributed by atoms with Crippen molar-refractivity contribution in [1.82, 2.24) is 0 Å². The van der Waals surface area contributed by atoms with Gasteiger partial charge in [0.2, 0.25) is 0 Å². The third kappa shape index (κ3) is 2.26. The molecular weight excluding hydrogens is 311 g/mol. The maximum absolute atomic E-state index is 14.0. The van der Waals surface area contributed by atoms with Crippen molar-refractivity contribution >= 4 is 29.1 Å². The van der Waals surface area contributed by atoms with E-state index in [1.165, 1.54) is 0 Å². The normalized spacial score (nSPS) is 20.7. The van der Waals surface area contributed by atoms with E-state index in [2.05, 4.69) is 11.4 Å². The third-order valence-corrected chi connectivity index (χ3v) is 7.92. The lowest BCUT2D eigenvalue weighted by molar-refractivity contribution is 0.401. The molecular formula is C18H15O2PS. The number of benzene rings is 2. The summed E-state index contributed by atoms with van der Waals surface area (Å²) in [4.78, 5) is 0. The quantitative estimate of drug-likeness (QED) is 0.532. The second-order valence-electron chi connectivity index (χ2n) is 5.33. The van der Waals surface area contributed by atoms with Gasteiger partial charge < -0.3 is 9.30 Å². The van der Waals surface area contributed by atoms with Crippen LogP contribution in [0.5, 0.6) is 0 Å². The Balaban J connectivity index is 1.80. The number of rotatable bonds is 4. The van der Waals surface area contributed by atoms with Crippen LogP contribution in [0.3, 0.4) is 0 Å². The number of hydrogen-bond donors (Lipinski definition) is 0. The molecule has 1 fully saturated rings. The van der Waals surface area contributed by atoms with Crippen LogP contribution in [0.15, 0.2) is 77.5 Å². The molecule has 0 unspecified atom stereocenters. The van der Waals surface area contributed by atoms with Crippen molar-refractivity contribution in [2.24, 2.45) is 0 Å². The highest BCUT2D eigenvalue weighted by Gasteiger charge is 2.54. The Morgan fingerprint density at radius 3 is 1.95 bits per heavy atom. The molecule has 0 aliphatic carbocycles. The van der Waals surface area contributed by atoms with Crippen molar-refractivity contribution < 1.29 is 9.30 Å². The summed E-state index contributed by atoms with van der Waals surface area (Å²) in [5, 5.41) is 5.84. The molecule has 0 bridgehead atoms. The molecule has 4 heteroatoms. The first-order chi connectivity index (χ1) is 10.8. The van der Waals surface area contributed by atoms with Crippen molar-refractivity contribution in [2.45, 2.75) is 11.9 Å². The predicted molar refractivity (Wildman–Crippen MR) is 91.7 cm³/mol. The number of thiophene rings is 1. The largest absolute Gasteiger partial charge is 0.355 e. The molecule has 0 amide bonds. The van der Waals surface area contributed by atoms with E-state index in [0.29, 0.717) is 0 Å². The summed E-state index contributed by atoms with van der Waals surface area (Å²) < 4.78 is 19.8. The highest BCUT2D eigenvalue weighted by molar-refractivity contribution is 7.79. The molecule has 2 heterocycles. The molecule has 2 nitrogen and oxygen atoms in total. The van der Waals surface area contributed by atoms with Gasteiger partial charge in [0.15, 0.2) is 7.14 Å². The van der Waals surface area contributed by atoms with Crippen molar-refractivity contribution in [2.75, 3.05) is 0 Å². The maximum Gasteiger partial charge on any atom is 0.173 e. The Bertz CT molecular complexity index is 756. The second kappa shape index (κ2) is 5.51. The molecule has 4 rings (SSSR count). The first kappa shape index (κ1) is 14.0. The van der Waals surface area contributed by atoms with E-state index in [1.807, 2.05) is 66.0 Å². The fourth-order valence-corrected chi connectivity index (χ4v) is 6.46. The standard InChI is InChI=1S/C18H15O2PS/c19-21(15-7-3-1-4-8-15,16-9-5-2-6-10-16)18-17(20-18)14-11-12-22-13-14/h1-13,17-18H/t17-,18-/m0/s1. The molecule has 1 aliphatic rings. The van der Waals surface area contributed by atoms with Gasteiger partial charge in [-0.2, -0.15) is 11.3 Å². The number of ether oxygens (including phenoxy) is 1. The predicted octanol–water partition coefficient (Wildman–Crippen LogP) is 4.16. The monoisotopic (exact) mass is 326 g/mol. The minimum Gasteiger partial charge on any atom is -0.355 e. The lowest BCUT2D eigenvalue weighted by atomic mass is 10.3. The van der Waals surface area contributed by atoms with Gasteiger partial charge in [-0.25, -0.2) is 0 Å². The summed E-state index contributed by atoms with van der Waals surface area (Å²) in [7, 11) is -2.80. The Hall–Kier alpha value is -1.67. The average Bonchev–Trinajstić information content (AvgIpc) is 3.22. The fourth-order valence-electron chi connectivity index (χ4n) is 2.80. The molecule has 1 saturated heterocycles. The summed E-state index contributed by atoms with van der Waals surface area (Å²) in [5.41, 5.74) is 1.13. The minimum absolute atomic E-state index is 0.0579. The van der Waals surface area contributed by atoms with Gasteiger partial charge in [-0.1, -0.05) is 60.7 Å². The Kier molecular flexibility index (Phi) is 3.50. The van der Waals surface area contributed by atoms with Crippen molar-refractivity contribution in [3.63, 3.8) is 0 Å². The Labute approximate surface area is 133 Å². The van der Waals surface area contributed by atoms with Gasteiger partial charge in [-0.05, 0) is 22.4 Å². The molecule has 0 spiro atoms. The van der Waals surface area contributed by atoms with Gasteiger partial charge in [0.1, 0.15) is 11.9 Å². The molecule has 0 saturated carbocycles. The molecule has 1 aliphatic heterocycles. The molecule has 3 aromatic rings. The van der Waals surface area contributed by atoms with Gasteiger partial charge in [0, 0.05) is 10.6 Å². The SMILES string of the molecule is O=P(c1ccccc1)(c1ccccc1)[C@@H]1O[C@H]1c1ccsc1. The van der Waals surface area contributed by atoms with E-state index in [0.717, 1.165) is 16.2 Å². The van der Waals surface area contributed by atoms with Gasteiger partial charge in [-0.15, -0.1) is 0 Å². The third-order valence-electron chi connectivity index (χ3n) is 3.98. The molecule has 2 aromatic carbocycles. The molecule has 0 N–H and O–H groups in total. The summed E-state index contributed by atoms with van der Waals surface area (Å²) in [6, 6.07) is 21.5. The van der Waals surface area contributed by atoms with Crippen LogP contribution >= 0.6 is 18.5 Å². The average molecular weight is 326 g/mol. The molecule has 110 valence electrons. The van der Waals surface area contributed by atoms with Crippen LogP contribution in [0.25, 0.3) is 0 Å². The van der Waals surface area contributed by atoms with Crippen molar-refractivity contribution in [3.05, 3.63) is 83.1 Å². The zero-order valence-electron chi connectivity index (χ0n) is 11.8. The van der Waals surface area contributed by atoms with E-state index in [-0.39, 0.29) is 11.9 Å². The van der Waals surface area contributed by atoms with E-state index in [9.17, 15) is 4.57 Å². The van der Waals surface area contributed by atoms with E-state index >= 15 is 0 Å². The van der Waals surface area contributed by atoms with Crippen LogP contribution in [0.2, 0.25) is 0 Å². The van der Waals surface area contributed by atoms with Crippen LogP contribution < -0.4 is 10.6 Å². The van der Waals surface area contributed by atoms with Crippen LogP contribution in [0.4, 0.5) is 0 Å². The molecule has 22 heavy (non-hydrogen) atoms. The summed E-state index contributed by atoms with van der Waals surface area (Å²) in [6.45, 7) is 0. The summed E-state index contributed by atoms with van der Waals surface area (Å²) in [6.07, 6.45) is -0.0579. The molecule has 1 aromatic heterocycles. The van der Waals surface area contributed by atoms with E-state index < -0.39 is 7.14 Å². The summed E-state index contributed by atoms with van der Waals surface area (Å²) >= 11 is 1.64. The number of hydrogen-bond acceptors (Lipinski definition) is 3. The van der Waals surface area contributed by atoms with Gasteiger partial charge in [0.25, 0.3) is 0 Å². The summed E-state index contributed by atoms with van der Waals surface area (Å²) in [5.74, 6) is -0.258. The fraction of sp³-hybridized carbons (Fsp3) is 0.111. The van der Waals surface area contributed by atoms with E-state index in [4.69, 9.17) is 4.74 Å². The first-order valence-electron chi connectivity index (χ1n) is 7.18. The van der Waals surface area contributed by atoms with Crippen LogP contribution in [0, 0.1) is 0 Å². The number of epoxide rings is 1. The first-order valence-corrected chi connectivity index (χ1v) is 9.90. The lowest BCUT2D eigenvalue weighted by Crippen LogP contribution is -2.19. The molecule has 2 atom stereocenters. The van der Waals surface area contributed by atoms with Gasteiger partial charge in [-0.3, -0.25) is 0 Å². The molecule has 0 radical (unpaired) electrons. The van der Waals surface area contributed by atoms with Crippen molar-refractivity contribution in [1.29, 1.82) is 0 Å². The van der Waals surface area contributed by atoms with E-state index in [1.54, 1.807) is 11.3 Å².